The van der Waals surface area contributed by atoms with Crippen LogP contribution in [0.4, 0.5) is 0 Å². The molecule has 0 N–H and O–H groups in total. The molecule has 0 unspecified atom stereocenters. The second kappa shape index (κ2) is 6.88. The van der Waals surface area contributed by atoms with Crippen LogP contribution in [0.3, 0.4) is 0 Å². The molecule has 20 heavy (non-hydrogen) atoms. The van der Waals surface area contributed by atoms with E-state index in [2.05, 4.69) is 5.16 Å². The first-order valence-corrected chi connectivity index (χ1v) is 8.66. The van der Waals surface area contributed by atoms with Crippen LogP contribution in [0.25, 0.3) is 0 Å². The first kappa shape index (κ1) is 15.0. The number of sulfone groups is 1. The summed E-state index contributed by atoms with van der Waals surface area (Å²) < 4.78 is 23.9. The number of nitrogens with zero attached hydrogens (tertiary/aromatic N) is 1. The Labute approximate surface area is 126 Å². The van der Waals surface area contributed by atoms with E-state index < -0.39 is 9.84 Å². The van der Waals surface area contributed by atoms with Crippen LogP contribution in [-0.4, -0.2) is 27.0 Å². The van der Waals surface area contributed by atoms with E-state index in [9.17, 15) is 8.42 Å². The minimum absolute atomic E-state index is 0.00678. The highest BCUT2D eigenvalue weighted by molar-refractivity contribution is 7.91. The molecule has 1 aromatic heterocycles. The van der Waals surface area contributed by atoms with Gasteiger partial charge in [0.15, 0.2) is 9.84 Å². The standard InChI is InChI=1S/C13H12ClNO3S2/c14-11-3-5-13(6-4-11)20(16,17)9-7-18-15-10-12-2-1-8-19-12/h1-6,8,10H,7,9H2/b15-10-. The summed E-state index contributed by atoms with van der Waals surface area (Å²) >= 11 is 7.24. The second-order valence-corrected chi connectivity index (χ2v) is 7.38. The Bertz CT molecular complexity index is 664. The fourth-order valence-electron chi connectivity index (χ4n) is 1.41. The smallest absolute Gasteiger partial charge is 0.181 e. The first-order valence-electron chi connectivity index (χ1n) is 5.75. The van der Waals surface area contributed by atoms with Gasteiger partial charge in [-0.1, -0.05) is 22.8 Å². The van der Waals surface area contributed by atoms with Gasteiger partial charge in [-0.25, -0.2) is 8.42 Å². The average molecular weight is 330 g/mol. The molecule has 0 fully saturated rings. The maximum Gasteiger partial charge on any atom is 0.181 e. The van der Waals surface area contributed by atoms with Crippen molar-refractivity contribution in [3.63, 3.8) is 0 Å². The van der Waals surface area contributed by atoms with Crippen molar-refractivity contribution in [3.8, 4) is 0 Å². The van der Waals surface area contributed by atoms with Gasteiger partial charge in [0.1, 0.15) is 6.61 Å². The van der Waals surface area contributed by atoms with Gasteiger partial charge in [0, 0.05) is 9.90 Å². The molecule has 1 aromatic carbocycles. The molecule has 0 radical (unpaired) electrons. The van der Waals surface area contributed by atoms with Gasteiger partial charge in [-0.2, -0.15) is 0 Å². The van der Waals surface area contributed by atoms with Crippen molar-refractivity contribution in [3.05, 3.63) is 51.7 Å². The van der Waals surface area contributed by atoms with Gasteiger partial charge in [-0.3, -0.25) is 0 Å². The Morgan fingerprint density at radius 2 is 2.00 bits per heavy atom. The minimum atomic E-state index is -3.37. The van der Waals surface area contributed by atoms with Crippen LogP contribution in [0.5, 0.6) is 0 Å². The van der Waals surface area contributed by atoms with Crippen LogP contribution in [-0.2, 0) is 14.7 Å². The van der Waals surface area contributed by atoms with Crippen LogP contribution in [0, 0.1) is 0 Å². The summed E-state index contributed by atoms with van der Waals surface area (Å²) in [5, 5.41) is 6.15. The number of hydrogen-bond acceptors (Lipinski definition) is 5. The number of benzene rings is 1. The van der Waals surface area contributed by atoms with E-state index in [0.717, 1.165) is 4.88 Å². The molecule has 0 saturated heterocycles. The molecule has 2 aromatic rings. The number of hydrogen-bond donors (Lipinski definition) is 0. The van der Waals surface area contributed by atoms with Gasteiger partial charge in [-0.05, 0) is 35.7 Å². The van der Waals surface area contributed by atoms with Gasteiger partial charge in [0.2, 0.25) is 0 Å². The van der Waals surface area contributed by atoms with Crippen LogP contribution in [0.1, 0.15) is 4.88 Å². The van der Waals surface area contributed by atoms with Gasteiger partial charge in [-0.15, -0.1) is 11.3 Å². The van der Waals surface area contributed by atoms with Gasteiger partial charge in [0.05, 0.1) is 16.9 Å². The van der Waals surface area contributed by atoms with E-state index in [1.165, 1.54) is 23.5 Å². The highest BCUT2D eigenvalue weighted by atomic mass is 35.5. The molecule has 0 aliphatic carbocycles. The quantitative estimate of drug-likeness (QED) is 0.464. The summed E-state index contributed by atoms with van der Waals surface area (Å²) in [5.41, 5.74) is 0. The highest BCUT2D eigenvalue weighted by Crippen LogP contribution is 2.15. The summed E-state index contributed by atoms with van der Waals surface area (Å²) in [5.74, 6) is -0.129. The van der Waals surface area contributed by atoms with E-state index in [-0.39, 0.29) is 17.3 Å². The first-order chi connectivity index (χ1) is 9.58. The molecule has 2 rings (SSSR count). The zero-order valence-electron chi connectivity index (χ0n) is 10.4. The molecule has 0 bridgehead atoms. The van der Waals surface area contributed by atoms with Crippen molar-refractivity contribution in [2.24, 2.45) is 5.16 Å². The zero-order chi connectivity index (χ0) is 14.4. The highest BCUT2D eigenvalue weighted by Gasteiger charge is 2.14. The predicted octanol–water partition coefficient (Wildman–Crippen LogP) is 3.23. The topological polar surface area (TPSA) is 55.7 Å². The van der Waals surface area contributed by atoms with Crippen LogP contribution < -0.4 is 0 Å². The van der Waals surface area contributed by atoms with E-state index in [0.29, 0.717) is 5.02 Å². The van der Waals surface area contributed by atoms with Gasteiger partial charge < -0.3 is 4.84 Å². The Morgan fingerprint density at radius 1 is 1.25 bits per heavy atom. The van der Waals surface area contributed by atoms with E-state index in [1.807, 2.05) is 17.5 Å². The minimum Gasteiger partial charge on any atom is -0.395 e. The molecule has 0 saturated carbocycles. The van der Waals surface area contributed by atoms with Crippen molar-refractivity contribution >= 4 is 39.0 Å². The Kier molecular flexibility index (Phi) is 5.17. The summed E-state index contributed by atoms with van der Waals surface area (Å²) in [6, 6.07) is 9.84. The molecular weight excluding hydrogens is 318 g/mol. The predicted molar refractivity (Wildman–Crippen MR) is 81.4 cm³/mol. The number of halogens is 1. The third-order valence-corrected chi connectivity index (χ3v) is 5.17. The number of oxime groups is 1. The van der Waals surface area contributed by atoms with E-state index in [1.54, 1.807) is 18.3 Å². The maximum atomic E-state index is 12.0. The Morgan fingerprint density at radius 3 is 2.65 bits per heavy atom. The zero-order valence-corrected chi connectivity index (χ0v) is 12.8. The summed E-state index contributed by atoms with van der Waals surface area (Å²) in [4.78, 5) is 6.14. The van der Waals surface area contributed by atoms with Crippen molar-refractivity contribution in [2.75, 3.05) is 12.4 Å². The van der Waals surface area contributed by atoms with Gasteiger partial charge >= 0.3 is 0 Å². The lowest BCUT2D eigenvalue weighted by Gasteiger charge is -2.03. The summed E-state index contributed by atoms with van der Waals surface area (Å²) in [7, 11) is -3.37. The SMILES string of the molecule is O=S(=O)(CCO/N=C\c1cccs1)c1ccc(Cl)cc1. The van der Waals surface area contributed by atoms with Crippen molar-refractivity contribution in [1.82, 2.24) is 0 Å². The number of thiophene rings is 1. The van der Waals surface area contributed by atoms with E-state index in [4.69, 9.17) is 16.4 Å². The molecule has 1 heterocycles. The Balaban J connectivity index is 1.85. The largest absolute Gasteiger partial charge is 0.395 e. The molecule has 4 nitrogen and oxygen atoms in total. The Hall–Kier alpha value is -1.37. The van der Waals surface area contributed by atoms with Crippen molar-refractivity contribution < 1.29 is 13.3 Å². The second-order valence-electron chi connectivity index (χ2n) is 3.86. The molecular formula is C13H12ClNO3S2. The summed E-state index contributed by atoms with van der Waals surface area (Å²) in [6.07, 6.45) is 1.56. The molecule has 0 aliphatic heterocycles. The van der Waals surface area contributed by atoms with Crippen molar-refractivity contribution in [1.29, 1.82) is 0 Å². The molecule has 0 atom stereocenters. The summed E-state index contributed by atoms with van der Waals surface area (Å²) in [6.45, 7) is 0.00678. The average Bonchev–Trinajstić information content (AvgIpc) is 2.92. The molecule has 0 amide bonds. The normalized spacial score (nSPS) is 11.8. The third-order valence-electron chi connectivity index (χ3n) is 2.41. The van der Waals surface area contributed by atoms with Gasteiger partial charge in [0.25, 0.3) is 0 Å². The molecule has 7 heteroatoms. The third kappa shape index (κ3) is 4.33. The van der Waals surface area contributed by atoms with E-state index >= 15 is 0 Å². The maximum absolute atomic E-state index is 12.0. The lowest BCUT2D eigenvalue weighted by atomic mass is 10.4. The molecule has 0 aliphatic rings. The van der Waals surface area contributed by atoms with Crippen LogP contribution in [0.2, 0.25) is 5.02 Å². The van der Waals surface area contributed by atoms with Crippen LogP contribution in [0.15, 0.2) is 51.8 Å². The fraction of sp³-hybridized carbons (Fsp3) is 0.154. The monoisotopic (exact) mass is 329 g/mol. The fourth-order valence-corrected chi connectivity index (χ4v) is 3.20. The van der Waals surface area contributed by atoms with Crippen molar-refractivity contribution in [2.45, 2.75) is 4.90 Å². The van der Waals surface area contributed by atoms with Crippen LogP contribution >= 0.6 is 22.9 Å². The molecule has 0 spiro atoms. The number of rotatable bonds is 6. The lowest BCUT2D eigenvalue weighted by molar-refractivity contribution is 0.162. The molecule has 106 valence electrons. The lowest BCUT2D eigenvalue weighted by Crippen LogP contribution is -2.11.